The van der Waals surface area contributed by atoms with E-state index in [0.717, 1.165) is 11.5 Å². The van der Waals surface area contributed by atoms with Crippen LogP contribution in [-0.4, -0.2) is 12.3 Å². The molecule has 0 N–H and O–H groups in total. The summed E-state index contributed by atoms with van der Waals surface area (Å²) in [5, 5.41) is 1.58. The molecule has 0 heterocycles. The minimum atomic E-state index is -0.0521. The lowest BCUT2D eigenvalue weighted by molar-refractivity contribution is 0.483. The van der Waals surface area contributed by atoms with Gasteiger partial charge < -0.3 is 4.74 Å². The van der Waals surface area contributed by atoms with E-state index in [0.29, 0.717) is 0 Å². The quantitative estimate of drug-likeness (QED) is 0.0902. The monoisotopic (exact) mass is 538 g/mol. The van der Waals surface area contributed by atoms with Crippen LogP contribution in [0.2, 0.25) is 0 Å². The van der Waals surface area contributed by atoms with Crippen LogP contribution in [0.25, 0.3) is 0 Å². The third-order valence-electron chi connectivity index (χ3n) is 7.74. The van der Waals surface area contributed by atoms with Gasteiger partial charge in [0.05, 0.1) is 0 Å². The Bertz CT molecular complexity index is 733. The van der Waals surface area contributed by atoms with Gasteiger partial charge >= 0.3 is 0 Å². The van der Waals surface area contributed by atoms with Gasteiger partial charge in [-0.25, -0.2) is 0 Å². The van der Waals surface area contributed by atoms with Gasteiger partial charge in [-0.1, -0.05) is 168 Å². The summed E-state index contributed by atoms with van der Waals surface area (Å²) in [6.07, 6.45) is 31.3. The molecule has 2 heteroatoms. The third kappa shape index (κ3) is 16.6. The molecule has 0 amide bonds. The molecule has 0 unspecified atom stereocenters. The van der Waals surface area contributed by atoms with Gasteiger partial charge in [-0.05, 0) is 54.7 Å². The summed E-state index contributed by atoms with van der Waals surface area (Å²) in [4.78, 5) is 0. The molecule has 1 nitrogen and oxygen atoms in total. The maximum atomic E-state index is 6.05. The van der Waals surface area contributed by atoms with Gasteiger partial charge in [0.25, 0.3) is 0 Å². The molecule has 2 aromatic rings. The zero-order valence-electron chi connectivity index (χ0n) is 25.1. The van der Waals surface area contributed by atoms with Crippen LogP contribution >= 0.6 is 7.92 Å². The van der Waals surface area contributed by atoms with Gasteiger partial charge in [-0.2, -0.15) is 0 Å². The van der Waals surface area contributed by atoms with Gasteiger partial charge in [-0.3, -0.25) is 0 Å². The molecule has 0 atom stereocenters. The molecule has 0 fully saturated rings. The first kappa shape index (κ1) is 32.9. The molecule has 0 aromatic heterocycles. The molecule has 0 aliphatic heterocycles. The van der Waals surface area contributed by atoms with Gasteiger partial charge in [0.1, 0.15) is 11.5 Å². The first-order chi connectivity index (χ1) is 18.8. The largest absolute Gasteiger partial charge is 0.457 e. The molecule has 0 aliphatic carbocycles. The maximum Gasteiger partial charge on any atom is 0.127 e. The summed E-state index contributed by atoms with van der Waals surface area (Å²) in [5.41, 5.74) is 0. The van der Waals surface area contributed by atoms with Gasteiger partial charge in [0.15, 0.2) is 0 Å². The van der Waals surface area contributed by atoms with Crippen molar-refractivity contribution in [1.82, 2.24) is 0 Å². The zero-order valence-corrected chi connectivity index (χ0v) is 26.0. The van der Waals surface area contributed by atoms with Gasteiger partial charge in [-0.15, -0.1) is 0 Å². The predicted octanol–water partition coefficient (Wildman–Crippen LogP) is 12.4. The molecule has 2 rings (SSSR count). The first-order valence-corrected chi connectivity index (χ1v) is 18.1. The summed E-state index contributed by atoms with van der Waals surface area (Å²) in [6, 6.07) is 19.2. The number of rotatable bonds is 25. The van der Waals surface area contributed by atoms with E-state index in [9.17, 15) is 0 Å². The predicted molar refractivity (Wildman–Crippen MR) is 173 cm³/mol. The van der Waals surface area contributed by atoms with Crippen LogP contribution in [0.15, 0.2) is 54.6 Å². The smallest absolute Gasteiger partial charge is 0.127 e. The molecular formula is C36H59OP. The van der Waals surface area contributed by atoms with Crippen LogP contribution in [-0.2, 0) is 0 Å². The van der Waals surface area contributed by atoms with Crippen LogP contribution in [0.4, 0.5) is 0 Å². The molecule has 0 spiro atoms. The zero-order chi connectivity index (χ0) is 26.9. The first-order valence-electron chi connectivity index (χ1n) is 16.4. The summed E-state index contributed by atoms with van der Waals surface area (Å²) >= 11 is 0. The molecule has 214 valence electrons. The van der Waals surface area contributed by atoms with E-state index in [1.165, 1.54) is 141 Å². The van der Waals surface area contributed by atoms with Crippen LogP contribution in [0.3, 0.4) is 0 Å². The summed E-state index contributed by atoms with van der Waals surface area (Å²) < 4.78 is 6.05. The number of para-hydroxylation sites is 1. The molecular weight excluding hydrogens is 479 g/mol. The van der Waals surface area contributed by atoms with Crippen molar-refractivity contribution in [1.29, 1.82) is 0 Å². The Kier molecular flexibility index (Phi) is 20.4. The van der Waals surface area contributed by atoms with Crippen molar-refractivity contribution in [3.63, 3.8) is 0 Å². The fourth-order valence-corrected chi connectivity index (χ4v) is 7.82. The van der Waals surface area contributed by atoms with E-state index in [1.807, 2.05) is 30.3 Å². The molecule has 0 radical (unpaired) electrons. The second-order valence-corrected chi connectivity index (χ2v) is 13.8. The number of hydrogen-bond acceptors (Lipinski definition) is 1. The van der Waals surface area contributed by atoms with E-state index in [-0.39, 0.29) is 7.92 Å². The molecule has 0 saturated heterocycles. The SMILES string of the molecule is CCCCCCCCCCCCP(CCCCCCCCCCCC)c1ccc(Oc2ccccc2)cc1. The standard InChI is InChI=1S/C36H59OP/c1-3-5-7-9-11-13-15-17-19-24-32-38(33-25-20-18-16-14-12-10-8-6-4-2)36-30-28-35(29-31-36)37-34-26-22-21-23-27-34/h21-23,26-31H,3-20,24-25,32-33H2,1-2H3. The topological polar surface area (TPSA) is 9.23 Å². The van der Waals surface area contributed by atoms with Crippen molar-refractivity contribution in [3.8, 4) is 11.5 Å². The highest BCUT2D eigenvalue weighted by atomic mass is 31.1. The van der Waals surface area contributed by atoms with Crippen molar-refractivity contribution >= 4 is 13.2 Å². The number of ether oxygens (including phenoxy) is 1. The Labute approximate surface area is 238 Å². The minimum absolute atomic E-state index is 0.0521. The van der Waals surface area contributed by atoms with E-state index in [4.69, 9.17) is 4.74 Å². The maximum absolute atomic E-state index is 6.05. The summed E-state index contributed by atoms with van der Waals surface area (Å²) in [5.74, 6) is 1.87. The Morgan fingerprint density at radius 2 is 0.789 bits per heavy atom. The molecule has 0 aliphatic rings. The number of hydrogen-bond donors (Lipinski definition) is 0. The van der Waals surface area contributed by atoms with Gasteiger partial charge in [0, 0.05) is 0 Å². The lowest BCUT2D eigenvalue weighted by atomic mass is 10.1. The lowest BCUT2D eigenvalue weighted by Crippen LogP contribution is -2.07. The Morgan fingerprint density at radius 3 is 1.21 bits per heavy atom. The molecule has 0 saturated carbocycles. The van der Waals surface area contributed by atoms with Crippen molar-refractivity contribution in [2.75, 3.05) is 12.3 Å². The Hall–Kier alpha value is -1.33. The van der Waals surface area contributed by atoms with E-state index in [2.05, 4.69) is 38.1 Å². The van der Waals surface area contributed by atoms with Crippen molar-refractivity contribution in [2.24, 2.45) is 0 Å². The lowest BCUT2D eigenvalue weighted by Gasteiger charge is -2.19. The third-order valence-corrected chi connectivity index (χ3v) is 10.5. The summed E-state index contributed by atoms with van der Waals surface area (Å²) in [6.45, 7) is 4.61. The Morgan fingerprint density at radius 1 is 0.421 bits per heavy atom. The highest BCUT2D eigenvalue weighted by Crippen LogP contribution is 2.38. The van der Waals surface area contributed by atoms with Crippen molar-refractivity contribution in [3.05, 3.63) is 54.6 Å². The van der Waals surface area contributed by atoms with Gasteiger partial charge in [0.2, 0.25) is 0 Å². The molecule has 38 heavy (non-hydrogen) atoms. The average molecular weight is 539 g/mol. The second kappa shape index (κ2) is 23.5. The highest BCUT2D eigenvalue weighted by Gasteiger charge is 2.11. The average Bonchev–Trinajstić information content (AvgIpc) is 2.95. The van der Waals surface area contributed by atoms with Crippen LogP contribution in [0, 0.1) is 0 Å². The van der Waals surface area contributed by atoms with Crippen LogP contribution in [0.5, 0.6) is 11.5 Å². The Balaban J connectivity index is 1.71. The fourth-order valence-electron chi connectivity index (χ4n) is 5.30. The minimum Gasteiger partial charge on any atom is -0.457 e. The van der Waals surface area contributed by atoms with Crippen LogP contribution < -0.4 is 10.0 Å². The second-order valence-electron chi connectivity index (χ2n) is 11.3. The summed E-state index contributed by atoms with van der Waals surface area (Å²) in [7, 11) is -0.0521. The fraction of sp³-hybridized carbons (Fsp3) is 0.667. The van der Waals surface area contributed by atoms with Crippen molar-refractivity contribution < 1.29 is 4.74 Å². The van der Waals surface area contributed by atoms with E-state index < -0.39 is 0 Å². The number of benzene rings is 2. The van der Waals surface area contributed by atoms with Crippen LogP contribution in [0.1, 0.15) is 142 Å². The molecule has 0 bridgehead atoms. The van der Waals surface area contributed by atoms with E-state index in [1.54, 1.807) is 5.30 Å². The molecule has 2 aromatic carbocycles. The van der Waals surface area contributed by atoms with Crippen molar-refractivity contribution in [2.45, 2.75) is 142 Å². The highest BCUT2D eigenvalue weighted by molar-refractivity contribution is 7.65. The normalized spacial score (nSPS) is 11.3. The van der Waals surface area contributed by atoms with E-state index >= 15 is 0 Å². The number of unbranched alkanes of at least 4 members (excludes halogenated alkanes) is 18.